The van der Waals surface area contributed by atoms with Gasteiger partial charge in [0.2, 0.25) is 0 Å². The molecule has 7 unspecified atom stereocenters. The highest BCUT2D eigenvalue weighted by molar-refractivity contribution is 5.04. The number of hydrogen-bond donors (Lipinski definition) is 0. The van der Waals surface area contributed by atoms with Crippen molar-refractivity contribution < 1.29 is 0 Å². The molecular formula is C30H54. The van der Waals surface area contributed by atoms with Crippen LogP contribution in [0.5, 0.6) is 0 Å². The molecule has 0 amide bonds. The molecule has 0 bridgehead atoms. The highest BCUT2D eigenvalue weighted by Gasteiger charge is 2.54. The lowest BCUT2D eigenvalue weighted by molar-refractivity contribution is -0.105. The van der Waals surface area contributed by atoms with Gasteiger partial charge in [-0.15, -0.1) is 6.58 Å². The highest BCUT2D eigenvalue weighted by Crippen LogP contribution is 2.63. The zero-order valence-electron chi connectivity index (χ0n) is 21.8. The van der Waals surface area contributed by atoms with Gasteiger partial charge in [0.25, 0.3) is 0 Å². The van der Waals surface area contributed by atoms with Gasteiger partial charge in [0.05, 0.1) is 0 Å². The summed E-state index contributed by atoms with van der Waals surface area (Å²) in [7, 11) is 0. The third-order valence-corrected chi connectivity index (χ3v) is 11.1. The Morgan fingerprint density at radius 3 is 2.37 bits per heavy atom. The van der Waals surface area contributed by atoms with Crippen LogP contribution < -0.4 is 0 Å². The molecule has 0 aromatic heterocycles. The van der Waals surface area contributed by atoms with E-state index in [0.29, 0.717) is 16.2 Å². The van der Waals surface area contributed by atoms with Crippen LogP contribution in [0, 0.1) is 45.8 Å². The molecule has 0 N–H and O–H groups in total. The molecule has 7 atom stereocenters. The van der Waals surface area contributed by atoms with Gasteiger partial charge in [-0.05, 0) is 117 Å². The van der Waals surface area contributed by atoms with E-state index in [1.165, 1.54) is 89.0 Å². The van der Waals surface area contributed by atoms with Crippen LogP contribution in [-0.2, 0) is 0 Å². The first-order chi connectivity index (χ1) is 14.1. The average Bonchev–Trinajstić information content (AvgIpc) is 2.67. The molecular weight excluding hydrogens is 360 g/mol. The molecule has 3 saturated carbocycles. The molecule has 0 aliphatic heterocycles. The van der Waals surface area contributed by atoms with Crippen LogP contribution in [0.2, 0.25) is 0 Å². The van der Waals surface area contributed by atoms with Crippen LogP contribution in [0.3, 0.4) is 0 Å². The number of allylic oxidation sites excluding steroid dienone is 1. The number of fused-ring (bicyclic) bond motifs is 1. The van der Waals surface area contributed by atoms with Crippen molar-refractivity contribution in [3.05, 3.63) is 12.2 Å². The minimum atomic E-state index is 0.533. The minimum Gasteiger partial charge on any atom is -0.100 e. The van der Waals surface area contributed by atoms with E-state index in [-0.39, 0.29) is 0 Å². The molecule has 174 valence electrons. The third-order valence-electron chi connectivity index (χ3n) is 11.1. The van der Waals surface area contributed by atoms with Crippen molar-refractivity contribution >= 4 is 0 Å². The van der Waals surface area contributed by atoms with Crippen molar-refractivity contribution in [2.45, 2.75) is 132 Å². The van der Waals surface area contributed by atoms with Crippen molar-refractivity contribution in [1.82, 2.24) is 0 Å². The normalized spacial score (nSPS) is 43.8. The smallest absolute Gasteiger partial charge is 0.0262 e. The Hall–Kier alpha value is -0.260. The second-order valence-electron chi connectivity index (χ2n) is 13.2. The summed E-state index contributed by atoms with van der Waals surface area (Å²) in [6.07, 6.45) is 18.8. The number of hydrogen-bond acceptors (Lipinski definition) is 0. The fourth-order valence-electron chi connectivity index (χ4n) is 9.53. The fourth-order valence-corrected chi connectivity index (χ4v) is 9.53. The summed E-state index contributed by atoms with van der Waals surface area (Å²) >= 11 is 0. The van der Waals surface area contributed by atoms with Crippen LogP contribution in [-0.4, -0.2) is 0 Å². The van der Waals surface area contributed by atoms with E-state index in [0.717, 1.165) is 29.6 Å². The third kappa shape index (κ3) is 4.59. The van der Waals surface area contributed by atoms with E-state index in [1.54, 1.807) is 0 Å². The van der Waals surface area contributed by atoms with Gasteiger partial charge >= 0.3 is 0 Å². The Balaban J connectivity index is 1.71. The zero-order chi connectivity index (χ0) is 22.2. The van der Waals surface area contributed by atoms with Crippen LogP contribution >= 0.6 is 0 Å². The molecule has 0 heteroatoms. The van der Waals surface area contributed by atoms with E-state index in [4.69, 9.17) is 0 Å². The van der Waals surface area contributed by atoms with Gasteiger partial charge in [0.1, 0.15) is 0 Å². The summed E-state index contributed by atoms with van der Waals surface area (Å²) in [5, 5.41) is 0. The Kier molecular flexibility index (Phi) is 7.57. The Morgan fingerprint density at radius 1 is 1.00 bits per heavy atom. The fraction of sp³-hybridized carbons (Fsp3) is 0.933. The topological polar surface area (TPSA) is 0 Å². The summed E-state index contributed by atoms with van der Waals surface area (Å²) in [4.78, 5) is 0. The van der Waals surface area contributed by atoms with Crippen LogP contribution in [0.4, 0.5) is 0 Å². The first-order valence-electron chi connectivity index (χ1n) is 13.7. The van der Waals surface area contributed by atoms with Gasteiger partial charge in [-0.3, -0.25) is 0 Å². The Morgan fingerprint density at radius 2 is 1.73 bits per heavy atom. The van der Waals surface area contributed by atoms with E-state index >= 15 is 0 Å². The SMILES string of the molecule is C=C(C)CCCC1(CC)CCC2C(CCC(C3(C)CCCC(C)(C)C3CC)C2C)C1. The van der Waals surface area contributed by atoms with Crippen molar-refractivity contribution in [3.8, 4) is 0 Å². The van der Waals surface area contributed by atoms with E-state index < -0.39 is 0 Å². The largest absolute Gasteiger partial charge is 0.100 e. The monoisotopic (exact) mass is 414 g/mol. The molecule has 0 heterocycles. The minimum absolute atomic E-state index is 0.533. The van der Waals surface area contributed by atoms with Crippen LogP contribution in [0.1, 0.15) is 132 Å². The molecule has 0 aromatic rings. The van der Waals surface area contributed by atoms with Gasteiger partial charge in [-0.25, -0.2) is 0 Å². The molecule has 3 fully saturated rings. The zero-order valence-corrected chi connectivity index (χ0v) is 21.8. The molecule has 3 rings (SSSR count). The van der Waals surface area contributed by atoms with E-state index in [1.807, 2.05) is 0 Å². The first-order valence-corrected chi connectivity index (χ1v) is 13.7. The summed E-state index contributed by atoms with van der Waals surface area (Å²) < 4.78 is 0. The molecule has 0 aromatic carbocycles. The second kappa shape index (κ2) is 9.31. The van der Waals surface area contributed by atoms with Crippen LogP contribution in [0.25, 0.3) is 0 Å². The van der Waals surface area contributed by atoms with E-state index in [9.17, 15) is 0 Å². The van der Waals surface area contributed by atoms with Crippen molar-refractivity contribution in [1.29, 1.82) is 0 Å². The standard InChI is InChI=1S/C30H54/c1-9-27-28(6,7)17-12-18-29(27,8)26-15-14-24-21-30(10-2,19-11-13-22(3)4)20-16-25(24)23(26)5/h23-27H,3,9-21H2,1-2,4-8H3. The van der Waals surface area contributed by atoms with Gasteiger partial charge in [-0.1, -0.05) is 66.4 Å². The predicted molar refractivity (Wildman–Crippen MR) is 134 cm³/mol. The predicted octanol–water partition coefficient (Wildman–Crippen LogP) is 9.83. The molecule has 0 spiro atoms. The van der Waals surface area contributed by atoms with Crippen molar-refractivity contribution in [2.75, 3.05) is 0 Å². The Bertz CT molecular complexity index is 585. The molecule has 0 radical (unpaired) electrons. The van der Waals surface area contributed by atoms with Crippen molar-refractivity contribution in [2.24, 2.45) is 45.8 Å². The average molecular weight is 415 g/mol. The lowest BCUT2D eigenvalue weighted by Crippen LogP contribution is -2.52. The quantitative estimate of drug-likeness (QED) is 0.363. The maximum atomic E-state index is 4.14. The second-order valence-corrected chi connectivity index (χ2v) is 13.2. The lowest BCUT2D eigenvalue weighted by atomic mass is 9.45. The van der Waals surface area contributed by atoms with Gasteiger partial charge < -0.3 is 0 Å². The van der Waals surface area contributed by atoms with Gasteiger partial charge in [-0.2, -0.15) is 0 Å². The summed E-state index contributed by atoms with van der Waals surface area (Å²) in [6, 6.07) is 0. The molecule has 0 nitrogen and oxygen atoms in total. The number of rotatable bonds is 7. The molecule has 0 saturated heterocycles. The summed E-state index contributed by atoms with van der Waals surface area (Å²) in [5.41, 5.74) is 3.12. The summed E-state index contributed by atoms with van der Waals surface area (Å²) in [6.45, 7) is 21.9. The van der Waals surface area contributed by atoms with Gasteiger partial charge in [0.15, 0.2) is 0 Å². The van der Waals surface area contributed by atoms with Crippen LogP contribution in [0.15, 0.2) is 12.2 Å². The maximum absolute atomic E-state index is 4.14. The molecule has 30 heavy (non-hydrogen) atoms. The highest BCUT2D eigenvalue weighted by atomic mass is 14.6. The van der Waals surface area contributed by atoms with E-state index in [2.05, 4.69) is 55.0 Å². The Labute approximate surface area is 190 Å². The summed E-state index contributed by atoms with van der Waals surface area (Å²) in [5.74, 6) is 4.81. The van der Waals surface area contributed by atoms with Crippen molar-refractivity contribution in [3.63, 3.8) is 0 Å². The van der Waals surface area contributed by atoms with Gasteiger partial charge in [0, 0.05) is 0 Å². The molecule has 3 aliphatic carbocycles. The maximum Gasteiger partial charge on any atom is -0.0262 e. The first kappa shape index (κ1) is 24.4. The molecule has 3 aliphatic rings. The lowest BCUT2D eigenvalue weighted by Gasteiger charge is -2.60.